The molecule has 10 nitrogen and oxygen atoms in total. The summed E-state index contributed by atoms with van der Waals surface area (Å²) in [4.78, 5) is 29.8. The van der Waals surface area contributed by atoms with Gasteiger partial charge in [0.1, 0.15) is 34.7 Å². The van der Waals surface area contributed by atoms with Crippen molar-refractivity contribution in [2.75, 3.05) is 13.2 Å². The van der Waals surface area contributed by atoms with Gasteiger partial charge in [0.25, 0.3) is 5.91 Å². The molecule has 2 amide bonds. The maximum Gasteiger partial charge on any atom is 0.424 e. The van der Waals surface area contributed by atoms with Crippen molar-refractivity contribution in [3.05, 3.63) is 76.6 Å². The number of carbonyl (C=O) groups excluding carboxylic acids is 2. The third kappa shape index (κ3) is 5.84. The predicted octanol–water partition coefficient (Wildman–Crippen LogP) is 4.88. The average molecular weight is 676 g/mol. The van der Waals surface area contributed by atoms with Crippen LogP contribution < -0.4 is 20.5 Å². The van der Waals surface area contributed by atoms with Gasteiger partial charge in [0.2, 0.25) is 11.5 Å². The molecule has 0 radical (unpaired) electrons. The molecule has 2 aromatic carbocycles. The molecule has 1 aliphatic carbocycles. The number of fused-ring (bicyclic) bond motifs is 2. The van der Waals surface area contributed by atoms with Gasteiger partial charge in [-0.05, 0) is 63.1 Å². The Morgan fingerprint density at radius 2 is 1.75 bits per heavy atom. The van der Waals surface area contributed by atoms with Gasteiger partial charge in [-0.3, -0.25) is 9.59 Å². The molecular formula is C32H27F6N5O5. The van der Waals surface area contributed by atoms with E-state index in [-0.39, 0.29) is 40.0 Å². The third-order valence-corrected chi connectivity index (χ3v) is 8.36. The number of benzene rings is 2. The van der Waals surface area contributed by atoms with Crippen LogP contribution in [0.25, 0.3) is 22.2 Å². The summed E-state index contributed by atoms with van der Waals surface area (Å²) < 4.78 is 95.6. The van der Waals surface area contributed by atoms with E-state index in [2.05, 4.69) is 20.5 Å². The number of nitrogens with two attached hydrogens (primary N) is 1. The van der Waals surface area contributed by atoms with Crippen molar-refractivity contribution in [2.45, 2.75) is 56.2 Å². The van der Waals surface area contributed by atoms with Crippen molar-refractivity contribution in [1.29, 1.82) is 0 Å². The Balaban J connectivity index is 1.41. The monoisotopic (exact) mass is 675 g/mol. The predicted molar refractivity (Wildman–Crippen MR) is 157 cm³/mol. The van der Waals surface area contributed by atoms with Crippen LogP contribution in [0, 0.1) is 6.92 Å². The first-order valence-corrected chi connectivity index (χ1v) is 14.6. The van der Waals surface area contributed by atoms with Crippen LogP contribution in [-0.4, -0.2) is 57.5 Å². The van der Waals surface area contributed by atoms with E-state index in [0.717, 1.165) is 31.0 Å². The second-order valence-electron chi connectivity index (χ2n) is 12.0. The smallest absolute Gasteiger partial charge is 0.424 e. The summed E-state index contributed by atoms with van der Waals surface area (Å²) in [5.74, 6) is -1.94. The first-order valence-electron chi connectivity index (χ1n) is 14.6. The number of nitrogens with one attached hydrogen (secondary N) is 1. The summed E-state index contributed by atoms with van der Waals surface area (Å²) in [5, 5.41) is 22.0. The standard InChI is InChI=1S/C32H27F6N5O5/c1-15-9-17-10-18(11-22(24(17)43-42-15)48-20-7-8-20)27(44)40-13-30(46,32(36,37)38)23-12-21-26(47-14-29(21,2)28(39)45)25(41-23)16-3-5-19(6-4-16)31(33,34)35/h3-6,9-12,20,46H,7-8,13-14H2,1-2H3,(H2,39,45)(H,40,44)/t29-,30-/m0/s1. The molecule has 4 N–H and O–H groups in total. The number of amides is 2. The van der Waals surface area contributed by atoms with E-state index in [1.54, 1.807) is 13.0 Å². The molecule has 6 rings (SSSR count). The number of hydrogen-bond acceptors (Lipinski definition) is 8. The normalized spacial score (nSPS) is 18.9. The molecule has 2 aromatic heterocycles. The van der Waals surface area contributed by atoms with Gasteiger partial charge in [-0.25, -0.2) is 4.98 Å². The minimum absolute atomic E-state index is 0.0860. The number of aromatic nitrogens is 3. The van der Waals surface area contributed by atoms with E-state index in [1.165, 1.54) is 19.1 Å². The molecule has 1 fully saturated rings. The zero-order chi connectivity index (χ0) is 34.8. The number of halogens is 6. The van der Waals surface area contributed by atoms with Crippen LogP contribution in [0.4, 0.5) is 26.3 Å². The van der Waals surface area contributed by atoms with E-state index >= 15 is 0 Å². The van der Waals surface area contributed by atoms with E-state index in [1.807, 2.05) is 0 Å². The number of aliphatic hydroxyl groups is 1. The fourth-order valence-corrected chi connectivity index (χ4v) is 5.27. The second kappa shape index (κ2) is 11.3. The number of hydrogen-bond donors (Lipinski definition) is 3. The van der Waals surface area contributed by atoms with Crippen LogP contribution in [0.3, 0.4) is 0 Å². The molecule has 2 atom stereocenters. The molecule has 252 valence electrons. The highest BCUT2D eigenvalue weighted by Crippen LogP contribution is 2.48. The van der Waals surface area contributed by atoms with Gasteiger partial charge in [-0.1, -0.05) is 12.1 Å². The van der Waals surface area contributed by atoms with Crippen molar-refractivity contribution in [3.8, 4) is 22.8 Å². The highest BCUT2D eigenvalue weighted by molar-refractivity contribution is 6.00. The Bertz CT molecular complexity index is 1950. The number of ether oxygens (including phenoxy) is 2. The van der Waals surface area contributed by atoms with Gasteiger partial charge in [0, 0.05) is 22.1 Å². The SMILES string of the molecule is Cc1cc2cc(C(=O)NC[C@](O)(c3cc4c(c(-c5ccc(C(F)(F)F)cc5)n3)OC[C@]4(C)C(N)=O)C(F)(F)F)cc(OC3CC3)c2nn1. The zero-order valence-electron chi connectivity index (χ0n) is 25.3. The van der Waals surface area contributed by atoms with Gasteiger partial charge in [-0.15, -0.1) is 5.10 Å². The number of carbonyl (C=O) groups is 2. The number of alkyl halides is 6. The van der Waals surface area contributed by atoms with Crippen LogP contribution in [0.2, 0.25) is 0 Å². The Morgan fingerprint density at radius 3 is 2.35 bits per heavy atom. The van der Waals surface area contributed by atoms with Crippen LogP contribution in [0.15, 0.2) is 48.5 Å². The lowest BCUT2D eigenvalue weighted by Gasteiger charge is -2.31. The molecule has 2 aliphatic rings. The maximum atomic E-state index is 14.8. The summed E-state index contributed by atoms with van der Waals surface area (Å²) in [7, 11) is 0. The zero-order valence-corrected chi connectivity index (χ0v) is 25.3. The number of nitrogens with zero attached hydrogens (tertiary/aromatic N) is 3. The molecule has 16 heteroatoms. The highest BCUT2D eigenvalue weighted by atomic mass is 19.4. The molecule has 3 heterocycles. The highest BCUT2D eigenvalue weighted by Gasteiger charge is 2.57. The first-order chi connectivity index (χ1) is 22.4. The molecule has 0 unspecified atom stereocenters. The van der Waals surface area contributed by atoms with Crippen LogP contribution in [0.1, 0.15) is 52.6 Å². The molecule has 48 heavy (non-hydrogen) atoms. The number of primary amides is 1. The van der Waals surface area contributed by atoms with E-state index in [9.17, 15) is 41.0 Å². The van der Waals surface area contributed by atoms with Crippen LogP contribution in [-0.2, 0) is 22.0 Å². The lowest BCUT2D eigenvalue weighted by atomic mass is 9.81. The maximum absolute atomic E-state index is 14.8. The fraction of sp³-hybridized carbons (Fsp3) is 0.344. The van der Waals surface area contributed by atoms with Gasteiger partial charge in [0.05, 0.1) is 29.6 Å². The lowest BCUT2D eigenvalue weighted by molar-refractivity contribution is -0.265. The summed E-state index contributed by atoms with van der Waals surface area (Å²) in [6.07, 6.45) is -8.72. The average Bonchev–Trinajstić information content (AvgIpc) is 3.77. The Morgan fingerprint density at radius 1 is 1.06 bits per heavy atom. The third-order valence-electron chi connectivity index (χ3n) is 8.36. The molecule has 1 aliphatic heterocycles. The Hall–Kier alpha value is -4.99. The number of aryl methyl sites for hydroxylation is 1. The van der Waals surface area contributed by atoms with Crippen LogP contribution >= 0.6 is 0 Å². The molecule has 0 bridgehead atoms. The van der Waals surface area contributed by atoms with Gasteiger partial charge in [0.15, 0.2) is 0 Å². The van der Waals surface area contributed by atoms with E-state index < -0.39 is 59.6 Å². The molecule has 1 saturated carbocycles. The van der Waals surface area contributed by atoms with Crippen LogP contribution in [0.5, 0.6) is 11.5 Å². The van der Waals surface area contributed by atoms with Crippen molar-refractivity contribution < 1.29 is 50.5 Å². The molecule has 0 saturated heterocycles. The van der Waals surface area contributed by atoms with Crippen molar-refractivity contribution >= 4 is 22.7 Å². The Kier molecular flexibility index (Phi) is 7.76. The Labute approximate surface area is 268 Å². The summed E-state index contributed by atoms with van der Waals surface area (Å²) in [6.45, 7) is 1.13. The van der Waals surface area contributed by atoms with Gasteiger partial charge >= 0.3 is 12.4 Å². The summed E-state index contributed by atoms with van der Waals surface area (Å²) >= 11 is 0. The van der Waals surface area contributed by atoms with Crippen molar-refractivity contribution in [1.82, 2.24) is 20.5 Å². The van der Waals surface area contributed by atoms with E-state index in [0.29, 0.717) is 28.7 Å². The minimum atomic E-state index is -5.46. The molecule has 4 aromatic rings. The minimum Gasteiger partial charge on any atom is -0.489 e. The first kappa shape index (κ1) is 32.9. The summed E-state index contributed by atoms with van der Waals surface area (Å²) in [6, 6.07) is 8.49. The quantitative estimate of drug-likeness (QED) is 0.224. The second-order valence-corrected chi connectivity index (χ2v) is 12.0. The van der Waals surface area contributed by atoms with E-state index in [4.69, 9.17) is 15.2 Å². The topological polar surface area (TPSA) is 150 Å². The number of rotatable bonds is 8. The molecule has 0 spiro atoms. The molecular weight excluding hydrogens is 648 g/mol. The van der Waals surface area contributed by atoms with Gasteiger partial charge in [-0.2, -0.15) is 31.4 Å². The van der Waals surface area contributed by atoms with Gasteiger partial charge < -0.3 is 25.6 Å². The van der Waals surface area contributed by atoms with Crippen molar-refractivity contribution in [2.24, 2.45) is 5.73 Å². The fourth-order valence-electron chi connectivity index (χ4n) is 5.27. The van der Waals surface area contributed by atoms with Crippen molar-refractivity contribution in [3.63, 3.8) is 0 Å². The lowest BCUT2D eigenvalue weighted by Crippen LogP contribution is -2.51. The number of pyridine rings is 1. The summed E-state index contributed by atoms with van der Waals surface area (Å²) in [5.41, 5.74) is -1.90. The largest absolute Gasteiger partial charge is 0.489 e.